The molecule has 1 amide bonds. The number of amides is 1. The van der Waals surface area contributed by atoms with Crippen molar-refractivity contribution in [3.05, 3.63) is 46.0 Å². The number of primary amides is 1. The molecule has 2 aromatic heterocycles. The Morgan fingerprint density at radius 1 is 1.22 bits per heavy atom. The predicted molar refractivity (Wildman–Crippen MR) is 87.2 cm³/mol. The number of aromatic amines is 1. The van der Waals surface area contributed by atoms with Crippen LogP contribution in [0.2, 0.25) is 0 Å². The number of carbonyl (C=O) groups is 1. The Labute approximate surface area is 132 Å². The van der Waals surface area contributed by atoms with E-state index >= 15 is 0 Å². The number of hydrogen-bond donors (Lipinski definition) is 2. The maximum atomic E-state index is 12.1. The number of carbonyl (C=O) groups excluding carboxylic acids is 1. The number of benzene rings is 1. The minimum Gasteiger partial charge on any atom is -0.364 e. The van der Waals surface area contributed by atoms with Crippen LogP contribution in [0.5, 0.6) is 0 Å². The lowest BCUT2D eigenvalue weighted by Crippen LogP contribution is -2.18. The van der Waals surface area contributed by atoms with Gasteiger partial charge < -0.3 is 10.7 Å². The molecule has 0 fully saturated rings. The van der Waals surface area contributed by atoms with Crippen LogP contribution in [0.3, 0.4) is 0 Å². The van der Waals surface area contributed by atoms with E-state index in [1.165, 1.54) is 4.57 Å². The van der Waals surface area contributed by atoms with Crippen molar-refractivity contribution in [1.82, 2.24) is 19.5 Å². The molecule has 0 bridgehead atoms. The Morgan fingerprint density at radius 2 is 1.87 bits per heavy atom. The van der Waals surface area contributed by atoms with Crippen molar-refractivity contribution in [3.8, 4) is 11.4 Å². The molecule has 0 aliphatic carbocycles. The minimum atomic E-state index is -0.706. The molecule has 3 aromatic rings. The second-order valence-electron chi connectivity index (χ2n) is 5.72. The van der Waals surface area contributed by atoms with E-state index in [0.717, 1.165) is 11.1 Å². The van der Waals surface area contributed by atoms with Gasteiger partial charge in [-0.1, -0.05) is 29.8 Å². The molecule has 0 radical (unpaired) electrons. The first-order valence-electron chi connectivity index (χ1n) is 7.27. The quantitative estimate of drug-likeness (QED) is 0.768. The Morgan fingerprint density at radius 3 is 2.43 bits per heavy atom. The second-order valence-corrected chi connectivity index (χ2v) is 5.72. The predicted octanol–water partition coefficient (Wildman–Crippen LogP) is 1.77. The maximum Gasteiger partial charge on any atom is 0.327 e. The zero-order valence-electron chi connectivity index (χ0n) is 13.1. The van der Waals surface area contributed by atoms with E-state index in [0.29, 0.717) is 11.5 Å². The molecule has 0 aliphatic heterocycles. The van der Waals surface area contributed by atoms with Crippen molar-refractivity contribution in [3.63, 3.8) is 0 Å². The number of fused-ring (bicyclic) bond motifs is 1. The van der Waals surface area contributed by atoms with Crippen molar-refractivity contribution in [2.75, 3.05) is 0 Å². The van der Waals surface area contributed by atoms with Gasteiger partial charge in [-0.05, 0) is 20.8 Å². The molecule has 0 unspecified atom stereocenters. The third-order valence-electron chi connectivity index (χ3n) is 3.63. The number of nitrogens with one attached hydrogen (secondary N) is 1. The molecule has 0 saturated heterocycles. The van der Waals surface area contributed by atoms with Gasteiger partial charge in [-0.25, -0.2) is 14.8 Å². The van der Waals surface area contributed by atoms with Gasteiger partial charge >= 0.3 is 5.69 Å². The summed E-state index contributed by atoms with van der Waals surface area (Å²) < 4.78 is 1.49. The third kappa shape index (κ3) is 2.50. The summed E-state index contributed by atoms with van der Waals surface area (Å²) in [4.78, 5) is 35.2. The van der Waals surface area contributed by atoms with Crippen LogP contribution in [0.15, 0.2) is 29.1 Å². The Hall–Kier alpha value is -2.96. The summed E-state index contributed by atoms with van der Waals surface area (Å²) >= 11 is 0. The van der Waals surface area contributed by atoms with Gasteiger partial charge in [0.1, 0.15) is 5.52 Å². The summed E-state index contributed by atoms with van der Waals surface area (Å²) in [5, 5.41) is 0. The highest BCUT2D eigenvalue weighted by atomic mass is 16.2. The normalized spacial score (nSPS) is 11.3. The van der Waals surface area contributed by atoms with Crippen LogP contribution in [0.25, 0.3) is 22.6 Å². The smallest absolute Gasteiger partial charge is 0.327 e. The fourth-order valence-electron chi connectivity index (χ4n) is 2.49. The van der Waals surface area contributed by atoms with Gasteiger partial charge in [-0.15, -0.1) is 0 Å². The zero-order chi connectivity index (χ0) is 16.7. The number of aromatic nitrogens is 4. The van der Waals surface area contributed by atoms with Crippen LogP contribution in [0.1, 0.15) is 35.9 Å². The molecule has 3 rings (SSSR count). The number of imidazole rings is 1. The van der Waals surface area contributed by atoms with E-state index in [1.54, 1.807) is 0 Å². The SMILES string of the molecule is Cc1ccc(-c2nc(C(N)=O)c3[nH]c(=O)n(C(C)C)c3n2)cc1. The molecule has 0 atom stereocenters. The van der Waals surface area contributed by atoms with E-state index in [2.05, 4.69) is 15.0 Å². The highest BCUT2D eigenvalue weighted by Crippen LogP contribution is 2.21. The molecule has 0 spiro atoms. The maximum absolute atomic E-state index is 12.1. The summed E-state index contributed by atoms with van der Waals surface area (Å²) in [6.07, 6.45) is 0. The standard InChI is InChI=1S/C16H17N5O2/c1-8(2)21-15-12(19-16(21)23)11(13(17)22)18-14(20-15)10-6-4-9(3)5-7-10/h4-8H,1-3H3,(H2,17,22)(H,19,23). The molecule has 7 heteroatoms. The lowest BCUT2D eigenvalue weighted by Gasteiger charge is -2.08. The fourth-order valence-corrected chi connectivity index (χ4v) is 2.49. The number of rotatable bonds is 3. The van der Waals surface area contributed by atoms with Crippen molar-refractivity contribution in [2.24, 2.45) is 5.73 Å². The topological polar surface area (TPSA) is 107 Å². The van der Waals surface area contributed by atoms with Crippen LogP contribution < -0.4 is 11.4 Å². The highest BCUT2D eigenvalue weighted by Gasteiger charge is 2.20. The summed E-state index contributed by atoms with van der Waals surface area (Å²) in [7, 11) is 0. The number of nitrogens with two attached hydrogens (primary N) is 1. The van der Waals surface area contributed by atoms with Crippen LogP contribution in [0.4, 0.5) is 0 Å². The van der Waals surface area contributed by atoms with Crippen LogP contribution in [-0.2, 0) is 0 Å². The van der Waals surface area contributed by atoms with Gasteiger partial charge in [0.2, 0.25) is 0 Å². The van der Waals surface area contributed by atoms with Crippen LogP contribution in [0, 0.1) is 6.92 Å². The molecule has 7 nitrogen and oxygen atoms in total. The Bertz CT molecular complexity index is 951. The average molecular weight is 311 g/mol. The summed E-state index contributed by atoms with van der Waals surface area (Å²) in [5.74, 6) is -0.345. The van der Waals surface area contributed by atoms with E-state index in [4.69, 9.17) is 5.73 Å². The lowest BCUT2D eigenvalue weighted by molar-refractivity contribution is 0.0997. The largest absolute Gasteiger partial charge is 0.364 e. The summed E-state index contributed by atoms with van der Waals surface area (Å²) in [6.45, 7) is 5.71. The van der Waals surface area contributed by atoms with E-state index in [-0.39, 0.29) is 22.9 Å². The highest BCUT2D eigenvalue weighted by molar-refractivity contribution is 6.01. The number of aryl methyl sites for hydroxylation is 1. The van der Waals surface area contributed by atoms with Gasteiger partial charge in [0.25, 0.3) is 5.91 Å². The number of nitrogens with zero attached hydrogens (tertiary/aromatic N) is 3. The molecule has 0 saturated carbocycles. The summed E-state index contributed by atoms with van der Waals surface area (Å²) in [6, 6.07) is 7.48. The summed E-state index contributed by atoms with van der Waals surface area (Å²) in [5.41, 5.74) is 7.61. The molecule has 0 aliphatic rings. The average Bonchev–Trinajstić information content (AvgIpc) is 2.82. The zero-order valence-corrected chi connectivity index (χ0v) is 13.1. The van der Waals surface area contributed by atoms with Crippen LogP contribution in [-0.4, -0.2) is 25.4 Å². The van der Waals surface area contributed by atoms with Crippen molar-refractivity contribution >= 4 is 17.1 Å². The third-order valence-corrected chi connectivity index (χ3v) is 3.63. The monoisotopic (exact) mass is 311 g/mol. The Balaban J connectivity index is 2.36. The first-order valence-corrected chi connectivity index (χ1v) is 7.27. The lowest BCUT2D eigenvalue weighted by atomic mass is 10.1. The van der Waals surface area contributed by atoms with Gasteiger partial charge in [0, 0.05) is 11.6 Å². The van der Waals surface area contributed by atoms with Crippen molar-refractivity contribution in [1.29, 1.82) is 0 Å². The van der Waals surface area contributed by atoms with Gasteiger partial charge in [0.05, 0.1) is 0 Å². The molecular weight excluding hydrogens is 294 g/mol. The molecule has 2 heterocycles. The molecular formula is C16H17N5O2. The van der Waals surface area contributed by atoms with Gasteiger partial charge in [0.15, 0.2) is 17.2 Å². The molecule has 3 N–H and O–H groups in total. The Kier molecular flexibility index (Phi) is 3.48. The van der Waals surface area contributed by atoms with E-state index < -0.39 is 5.91 Å². The van der Waals surface area contributed by atoms with E-state index in [1.807, 2.05) is 45.0 Å². The van der Waals surface area contributed by atoms with Crippen molar-refractivity contribution in [2.45, 2.75) is 26.8 Å². The molecule has 1 aromatic carbocycles. The molecule has 23 heavy (non-hydrogen) atoms. The minimum absolute atomic E-state index is 0.0158. The van der Waals surface area contributed by atoms with Crippen LogP contribution >= 0.6 is 0 Å². The first-order chi connectivity index (χ1) is 10.9. The van der Waals surface area contributed by atoms with E-state index in [9.17, 15) is 9.59 Å². The molecule has 118 valence electrons. The number of H-pyrrole nitrogens is 1. The van der Waals surface area contributed by atoms with Gasteiger partial charge in [-0.2, -0.15) is 0 Å². The number of hydrogen-bond acceptors (Lipinski definition) is 4. The fraction of sp³-hybridized carbons (Fsp3) is 0.250. The second kappa shape index (κ2) is 5.35. The van der Waals surface area contributed by atoms with Gasteiger partial charge in [-0.3, -0.25) is 9.36 Å². The first kappa shape index (κ1) is 15.0. The van der Waals surface area contributed by atoms with Crippen molar-refractivity contribution < 1.29 is 4.79 Å².